The predicted molar refractivity (Wildman–Crippen MR) is 78.0 cm³/mol. The molecule has 0 amide bonds. The van der Waals surface area contributed by atoms with E-state index in [9.17, 15) is 14.9 Å². The van der Waals surface area contributed by atoms with Gasteiger partial charge in [0.05, 0.1) is 4.92 Å². The molecule has 6 heteroatoms. The third-order valence-electron chi connectivity index (χ3n) is 4.00. The Morgan fingerprint density at radius 3 is 2.86 bits per heavy atom. The van der Waals surface area contributed by atoms with E-state index in [0.29, 0.717) is 18.5 Å². The minimum absolute atomic E-state index is 0.139. The van der Waals surface area contributed by atoms with Crippen molar-refractivity contribution in [3.05, 3.63) is 39.9 Å². The van der Waals surface area contributed by atoms with Crippen molar-refractivity contribution in [2.45, 2.75) is 44.7 Å². The Morgan fingerprint density at radius 1 is 1.38 bits per heavy atom. The third-order valence-corrected chi connectivity index (χ3v) is 4.00. The van der Waals surface area contributed by atoms with Crippen LogP contribution in [0.1, 0.15) is 37.7 Å². The van der Waals surface area contributed by atoms with Gasteiger partial charge in [-0.2, -0.15) is 0 Å². The molecule has 2 rings (SSSR count). The lowest BCUT2D eigenvalue weighted by Gasteiger charge is -2.35. The highest BCUT2D eigenvalue weighted by atomic mass is 16.6. The van der Waals surface area contributed by atoms with E-state index in [1.807, 2.05) is 0 Å². The largest absolute Gasteiger partial charge is 0.481 e. The van der Waals surface area contributed by atoms with E-state index in [4.69, 9.17) is 5.11 Å². The van der Waals surface area contributed by atoms with Crippen LogP contribution in [0.4, 0.5) is 5.69 Å². The quantitative estimate of drug-likeness (QED) is 0.644. The molecular formula is C15H20N2O4. The molecule has 1 saturated heterocycles. The maximum atomic E-state index is 11.1. The highest BCUT2D eigenvalue weighted by molar-refractivity contribution is 5.66. The Balaban J connectivity index is 2.08. The molecule has 1 atom stereocenters. The number of benzene rings is 1. The number of likely N-dealkylation sites (tertiary alicyclic amines) is 1. The van der Waals surface area contributed by atoms with E-state index < -0.39 is 5.97 Å². The van der Waals surface area contributed by atoms with Crippen LogP contribution in [-0.4, -0.2) is 33.5 Å². The van der Waals surface area contributed by atoms with Crippen molar-refractivity contribution in [1.82, 2.24) is 4.90 Å². The van der Waals surface area contributed by atoms with Gasteiger partial charge in [-0.05, 0) is 25.8 Å². The molecule has 1 aliphatic heterocycles. The zero-order valence-electron chi connectivity index (χ0n) is 11.9. The van der Waals surface area contributed by atoms with Gasteiger partial charge in [0.2, 0.25) is 0 Å². The number of carbonyl (C=O) groups is 1. The summed E-state index contributed by atoms with van der Waals surface area (Å²) in [5, 5.41) is 19.9. The molecule has 1 N–H and O–H groups in total. The van der Waals surface area contributed by atoms with Crippen molar-refractivity contribution in [3.8, 4) is 0 Å². The first-order valence-electron chi connectivity index (χ1n) is 7.26. The maximum absolute atomic E-state index is 11.1. The first-order chi connectivity index (χ1) is 10.1. The number of hydrogen-bond acceptors (Lipinski definition) is 4. The van der Waals surface area contributed by atoms with Gasteiger partial charge in [0.1, 0.15) is 0 Å². The summed E-state index contributed by atoms with van der Waals surface area (Å²) < 4.78 is 0. The van der Waals surface area contributed by atoms with Crippen molar-refractivity contribution < 1.29 is 14.8 Å². The Kier molecular flexibility index (Phi) is 5.27. The number of carboxylic acids is 1. The topological polar surface area (TPSA) is 83.7 Å². The first kappa shape index (κ1) is 15.4. The molecule has 0 aliphatic carbocycles. The summed E-state index contributed by atoms with van der Waals surface area (Å²) >= 11 is 0. The van der Waals surface area contributed by atoms with Crippen LogP contribution < -0.4 is 0 Å². The van der Waals surface area contributed by atoms with Crippen molar-refractivity contribution in [3.63, 3.8) is 0 Å². The van der Waals surface area contributed by atoms with E-state index in [0.717, 1.165) is 25.8 Å². The fraction of sp³-hybridized carbons (Fsp3) is 0.533. The van der Waals surface area contributed by atoms with E-state index in [1.165, 1.54) is 6.07 Å². The monoisotopic (exact) mass is 292 g/mol. The highest BCUT2D eigenvalue weighted by Gasteiger charge is 2.25. The number of nitro groups is 1. The van der Waals surface area contributed by atoms with Gasteiger partial charge in [-0.25, -0.2) is 0 Å². The van der Waals surface area contributed by atoms with Crippen LogP contribution in [0.3, 0.4) is 0 Å². The highest BCUT2D eigenvalue weighted by Crippen LogP contribution is 2.26. The second-order valence-corrected chi connectivity index (χ2v) is 5.44. The standard InChI is InChI=1S/C15H20N2O4/c18-15(19)9-8-13-6-3-4-10-16(13)11-12-5-1-2-7-14(12)17(20)21/h1-2,5,7,13H,3-4,6,8-11H2,(H,18,19). The molecule has 114 valence electrons. The van der Waals surface area contributed by atoms with Crippen LogP contribution in [0.15, 0.2) is 24.3 Å². The second kappa shape index (κ2) is 7.17. The molecule has 1 aromatic carbocycles. The van der Waals surface area contributed by atoms with E-state index in [1.54, 1.807) is 18.2 Å². The fourth-order valence-corrected chi connectivity index (χ4v) is 2.93. The number of carboxylic acid groups (broad SMARTS) is 1. The van der Waals surface area contributed by atoms with Crippen LogP contribution in [0.25, 0.3) is 0 Å². The molecule has 0 aromatic heterocycles. The van der Waals surface area contributed by atoms with Gasteiger partial charge in [0.25, 0.3) is 5.69 Å². The molecule has 1 fully saturated rings. The lowest BCUT2D eigenvalue weighted by atomic mass is 9.97. The van der Waals surface area contributed by atoms with Crippen molar-refractivity contribution in [1.29, 1.82) is 0 Å². The molecule has 0 spiro atoms. The summed E-state index contributed by atoms with van der Waals surface area (Å²) in [5.41, 5.74) is 0.838. The second-order valence-electron chi connectivity index (χ2n) is 5.44. The van der Waals surface area contributed by atoms with Crippen LogP contribution in [0.5, 0.6) is 0 Å². The SMILES string of the molecule is O=C(O)CCC1CCCCN1Cc1ccccc1[N+](=O)[O-]. The van der Waals surface area contributed by atoms with Gasteiger partial charge in [0.15, 0.2) is 0 Å². The Hall–Kier alpha value is -1.95. The zero-order chi connectivity index (χ0) is 15.2. The Bertz CT molecular complexity index is 518. The van der Waals surface area contributed by atoms with Gasteiger partial charge >= 0.3 is 5.97 Å². The van der Waals surface area contributed by atoms with Crippen molar-refractivity contribution in [2.75, 3.05) is 6.54 Å². The molecule has 0 radical (unpaired) electrons. The number of hydrogen-bond donors (Lipinski definition) is 1. The number of rotatable bonds is 6. The maximum Gasteiger partial charge on any atom is 0.303 e. The minimum Gasteiger partial charge on any atom is -0.481 e. The van der Waals surface area contributed by atoms with Crippen molar-refractivity contribution in [2.24, 2.45) is 0 Å². The molecule has 6 nitrogen and oxygen atoms in total. The summed E-state index contributed by atoms with van der Waals surface area (Å²) in [5.74, 6) is -0.786. The molecule has 21 heavy (non-hydrogen) atoms. The molecular weight excluding hydrogens is 272 g/mol. The summed E-state index contributed by atoms with van der Waals surface area (Å²) in [7, 11) is 0. The fourth-order valence-electron chi connectivity index (χ4n) is 2.93. The number of nitro benzene ring substituents is 1. The summed E-state index contributed by atoms with van der Waals surface area (Å²) in [6, 6.07) is 6.97. The predicted octanol–water partition coefficient (Wildman–Crippen LogP) is 2.81. The minimum atomic E-state index is -0.786. The zero-order valence-corrected chi connectivity index (χ0v) is 11.9. The van der Waals surface area contributed by atoms with Gasteiger partial charge < -0.3 is 5.11 Å². The number of aliphatic carboxylic acids is 1. The Morgan fingerprint density at radius 2 is 2.14 bits per heavy atom. The average Bonchev–Trinajstić information content (AvgIpc) is 2.46. The smallest absolute Gasteiger partial charge is 0.303 e. The molecule has 0 saturated carbocycles. The van der Waals surface area contributed by atoms with Crippen LogP contribution in [-0.2, 0) is 11.3 Å². The first-order valence-corrected chi connectivity index (χ1v) is 7.26. The van der Waals surface area contributed by atoms with Gasteiger partial charge in [-0.3, -0.25) is 19.8 Å². The molecule has 1 heterocycles. The third kappa shape index (κ3) is 4.26. The van der Waals surface area contributed by atoms with Gasteiger partial charge in [-0.15, -0.1) is 0 Å². The number of para-hydroxylation sites is 1. The van der Waals surface area contributed by atoms with Gasteiger partial charge in [-0.1, -0.05) is 24.6 Å². The average molecular weight is 292 g/mol. The molecule has 1 unspecified atom stereocenters. The van der Waals surface area contributed by atoms with Gasteiger partial charge in [0, 0.05) is 30.6 Å². The molecule has 1 aliphatic rings. The van der Waals surface area contributed by atoms with Crippen LogP contribution >= 0.6 is 0 Å². The summed E-state index contributed by atoms with van der Waals surface area (Å²) in [4.78, 5) is 23.6. The van der Waals surface area contributed by atoms with E-state index in [2.05, 4.69) is 4.90 Å². The summed E-state index contributed by atoms with van der Waals surface area (Å²) in [6.07, 6.45) is 3.88. The Labute approximate surface area is 123 Å². The van der Waals surface area contributed by atoms with Crippen LogP contribution in [0, 0.1) is 10.1 Å². The molecule has 1 aromatic rings. The number of nitrogens with zero attached hydrogens (tertiary/aromatic N) is 2. The lowest BCUT2D eigenvalue weighted by Crippen LogP contribution is -2.39. The lowest BCUT2D eigenvalue weighted by molar-refractivity contribution is -0.385. The van der Waals surface area contributed by atoms with E-state index in [-0.39, 0.29) is 23.1 Å². The molecule has 0 bridgehead atoms. The van der Waals surface area contributed by atoms with E-state index >= 15 is 0 Å². The normalized spacial score (nSPS) is 19.3. The van der Waals surface area contributed by atoms with Crippen LogP contribution in [0.2, 0.25) is 0 Å². The van der Waals surface area contributed by atoms with Crippen molar-refractivity contribution >= 4 is 11.7 Å². The number of piperidine rings is 1. The summed E-state index contributed by atoms with van der Waals surface area (Å²) in [6.45, 7) is 1.39.